The van der Waals surface area contributed by atoms with Crippen molar-refractivity contribution >= 4 is 35.2 Å². The normalized spacial score (nSPS) is 10.9. The molecule has 1 rings (SSSR count). The van der Waals surface area contributed by atoms with Crippen LogP contribution in [0.2, 0.25) is 0 Å². The molecular weight excluding hydrogens is 266 g/mol. The van der Waals surface area contributed by atoms with Gasteiger partial charge in [0.15, 0.2) is 0 Å². The third kappa shape index (κ3) is 4.45. The zero-order valence-corrected chi connectivity index (χ0v) is 10.6. The molecule has 0 spiro atoms. The van der Waals surface area contributed by atoms with Gasteiger partial charge in [0, 0.05) is 28.7 Å². The number of benzene rings is 1. The van der Waals surface area contributed by atoms with E-state index in [2.05, 4.69) is 5.32 Å². The van der Waals surface area contributed by atoms with Crippen molar-refractivity contribution in [3.8, 4) is 0 Å². The second-order valence-corrected chi connectivity index (χ2v) is 4.15. The van der Waals surface area contributed by atoms with Crippen LogP contribution in [0.5, 0.6) is 0 Å². The highest BCUT2D eigenvalue weighted by atomic mass is 32.2. The van der Waals surface area contributed by atoms with Gasteiger partial charge < -0.3 is 21.3 Å². The molecule has 1 aromatic rings. The Labute approximate surface area is 113 Å². The van der Waals surface area contributed by atoms with Crippen LogP contribution in [-0.2, 0) is 4.79 Å². The van der Waals surface area contributed by atoms with Crippen molar-refractivity contribution in [3.63, 3.8) is 0 Å². The van der Waals surface area contributed by atoms with E-state index in [1.54, 1.807) is 24.3 Å². The Morgan fingerprint density at radius 1 is 1.37 bits per heavy atom. The molecule has 0 aromatic heterocycles. The number of nitrogens with one attached hydrogen (secondary N) is 3. The molecular formula is C11H13N5O2S. The molecule has 0 saturated carbocycles. The summed E-state index contributed by atoms with van der Waals surface area (Å²) in [6.45, 7) is 0. The molecule has 1 aromatic carbocycles. The molecule has 0 aliphatic rings. The average Bonchev–Trinajstić information content (AvgIpc) is 2.37. The number of amides is 1. The van der Waals surface area contributed by atoms with Gasteiger partial charge in [0.05, 0.1) is 5.70 Å². The SMILES string of the molecule is N=C(N)C(=N)/C(N)=C\C(=O)Nc1cccc(SO)c1. The zero-order chi connectivity index (χ0) is 14.4. The van der Waals surface area contributed by atoms with Crippen LogP contribution in [0.1, 0.15) is 0 Å². The molecule has 0 radical (unpaired) electrons. The minimum atomic E-state index is -0.552. The molecule has 0 saturated heterocycles. The van der Waals surface area contributed by atoms with E-state index in [0.717, 1.165) is 6.08 Å². The summed E-state index contributed by atoms with van der Waals surface area (Å²) in [4.78, 5) is 12.2. The quantitative estimate of drug-likeness (QED) is 0.206. The Bertz CT molecular complexity index is 556. The van der Waals surface area contributed by atoms with Gasteiger partial charge in [0.1, 0.15) is 11.5 Å². The van der Waals surface area contributed by atoms with Crippen LogP contribution in [-0.4, -0.2) is 22.0 Å². The number of nitrogens with two attached hydrogens (primary N) is 2. The number of carbonyl (C=O) groups excluding carboxylic acids is 1. The van der Waals surface area contributed by atoms with Gasteiger partial charge in [0.25, 0.3) is 5.91 Å². The van der Waals surface area contributed by atoms with Crippen molar-refractivity contribution in [1.82, 2.24) is 0 Å². The molecule has 0 unspecified atom stereocenters. The maximum absolute atomic E-state index is 11.6. The van der Waals surface area contributed by atoms with E-state index in [9.17, 15) is 4.79 Å². The Hall–Kier alpha value is -2.32. The van der Waals surface area contributed by atoms with Crippen LogP contribution in [0.3, 0.4) is 0 Å². The first-order valence-electron chi connectivity index (χ1n) is 5.07. The first kappa shape index (κ1) is 14.7. The number of anilines is 1. The molecule has 0 fully saturated rings. The second kappa shape index (κ2) is 6.57. The largest absolute Gasteiger partial charge is 0.397 e. The maximum Gasteiger partial charge on any atom is 0.250 e. The van der Waals surface area contributed by atoms with Crippen molar-refractivity contribution in [2.24, 2.45) is 11.5 Å². The lowest BCUT2D eigenvalue weighted by Crippen LogP contribution is -2.28. The molecule has 1 amide bonds. The molecule has 0 aliphatic heterocycles. The molecule has 0 aliphatic carbocycles. The van der Waals surface area contributed by atoms with Crippen molar-refractivity contribution in [2.75, 3.05) is 5.32 Å². The van der Waals surface area contributed by atoms with Gasteiger partial charge in [-0.05, 0) is 18.2 Å². The smallest absolute Gasteiger partial charge is 0.250 e. The van der Waals surface area contributed by atoms with Crippen LogP contribution in [0, 0.1) is 10.8 Å². The van der Waals surface area contributed by atoms with Crippen LogP contribution in [0.15, 0.2) is 40.9 Å². The Balaban J connectivity index is 2.77. The number of amidine groups is 1. The highest BCUT2D eigenvalue weighted by molar-refractivity contribution is 7.93. The topological polar surface area (TPSA) is 149 Å². The van der Waals surface area contributed by atoms with Gasteiger partial charge in [-0.3, -0.25) is 15.6 Å². The van der Waals surface area contributed by atoms with E-state index in [1.807, 2.05) is 0 Å². The van der Waals surface area contributed by atoms with Gasteiger partial charge in [-0.15, -0.1) is 0 Å². The fourth-order valence-corrected chi connectivity index (χ4v) is 1.50. The number of hydrogen-bond donors (Lipinski definition) is 6. The van der Waals surface area contributed by atoms with Crippen LogP contribution >= 0.6 is 12.0 Å². The van der Waals surface area contributed by atoms with Crippen molar-refractivity contribution in [2.45, 2.75) is 4.90 Å². The molecule has 100 valence electrons. The summed E-state index contributed by atoms with van der Waals surface area (Å²) in [5, 5.41) is 16.9. The molecule has 7 nitrogen and oxygen atoms in total. The first-order valence-corrected chi connectivity index (χ1v) is 5.84. The van der Waals surface area contributed by atoms with E-state index in [4.69, 9.17) is 26.8 Å². The molecule has 8 heteroatoms. The first-order chi connectivity index (χ1) is 8.93. The van der Waals surface area contributed by atoms with Gasteiger partial charge in [-0.1, -0.05) is 6.07 Å². The Morgan fingerprint density at radius 2 is 2.05 bits per heavy atom. The van der Waals surface area contributed by atoms with Crippen molar-refractivity contribution in [1.29, 1.82) is 10.8 Å². The van der Waals surface area contributed by atoms with Crippen LogP contribution in [0.4, 0.5) is 5.69 Å². The average molecular weight is 279 g/mol. The van der Waals surface area contributed by atoms with Crippen molar-refractivity contribution < 1.29 is 9.35 Å². The molecule has 8 N–H and O–H groups in total. The summed E-state index contributed by atoms with van der Waals surface area (Å²) in [5.74, 6) is -1.07. The monoisotopic (exact) mass is 279 g/mol. The number of rotatable bonds is 5. The minimum absolute atomic E-state index is 0.197. The van der Waals surface area contributed by atoms with Gasteiger partial charge in [-0.2, -0.15) is 0 Å². The van der Waals surface area contributed by atoms with E-state index >= 15 is 0 Å². The highest BCUT2D eigenvalue weighted by Gasteiger charge is 2.07. The van der Waals surface area contributed by atoms with Gasteiger partial charge in [-0.25, -0.2) is 0 Å². The third-order valence-corrected chi connectivity index (χ3v) is 2.52. The van der Waals surface area contributed by atoms with Crippen LogP contribution in [0.25, 0.3) is 0 Å². The van der Waals surface area contributed by atoms with Crippen molar-refractivity contribution in [3.05, 3.63) is 36.0 Å². The lowest BCUT2D eigenvalue weighted by Gasteiger charge is -2.05. The predicted octanol–water partition coefficient (Wildman–Crippen LogP) is 0.989. The summed E-state index contributed by atoms with van der Waals surface area (Å²) in [7, 11) is 0. The fraction of sp³-hybridized carbons (Fsp3) is 0. The van der Waals surface area contributed by atoms with Gasteiger partial charge in [0.2, 0.25) is 0 Å². The van der Waals surface area contributed by atoms with E-state index < -0.39 is 17.5 Å². The lowest BCUT2D eigenvalue weighted by molar-refractivity contribution is -0.111. The molecule has 0 atom stereocenters. The summed E-state index contributed by atoms with van der Waals surface area (Å²) < 4.78 is 8.88. The van der Waals surface area contributed by atoms with Crippen LogP contribution < -0.4 is 16.8 Å². The maximum atomic E-state index is 11.6. The Kier molecular flexibility index (Phi) is 5.10. The summed E-state index contributed by atoms with van der Waals surface area (Å²) in [6, 6.07) is 6.55. The minimum Gasteiger partial charge on any atom is -0.397 e. The highest BCUT2D eigenvalue weighted by Crippen LogP contribution is 2.18. The predicted molar refractivity (Wildman–Crippen MR) is 75.5 cm³/mol. The summed E-state index contributed by atoms with van der Waals surface area (Å²) in [6.07, 6.45) is 0.975. The van der Waals surface area contributed by atoms with E-state index in [-0.39, 0.29) is 5.70 Å². The van der Waals surface area contributed by atoms with E-state index in [0.29, 0.717) is 22.6 Å². The molecule has 0 heterocycles. The van der Waals surface area contributed by atoms with E-state index in [1.165, 1.54) is 0 Å². The van der Waals surface area contributed by atoms with Gasteiger partial charge >= 0.3 is 0 Å². The summed E-state index contributed by atoms with van der Waals surface area (Å²) in [5.41, 5.74) is 10.4. The molecule has 19 heavy (non-hydrogen) atoms. The fourth-order valence-electron chi connectivity index (χ4n) is 1.18. The standard InChI is InChI=1S/C11H13N5O2S/c12-8(10(13)11(14)15)5-9(17)16-6-2-1-3-7(4-6)19-18/h1-5,13,18H,12H2,(H3,14,15)(H,16,17)/b8-5+,13-10?. The summed E-state index contributed by atoms with van der Waals surface area (Å²) >= 11 is 0.563. The number of hydrogen-bond acceptors (Lipinski definition) is 6. The third-order valence-electron chi connectivity index (χ3n) is 2.05. The second-order valence-electron chi connectivity index (χ2n) is 3.50. The molecule has 0 bridgehead atoms. The zero-order valence-electron chi connectivity index (χ0n) is 9.81. The Morgan fingerprint density at radius 3 is 2.63 bits per heavy atom. The number of carbonyl (C=O) groups is 1. The lowest BCUT2D eigenvalue weighted by atomic mass is 10.2.